The van der Waals surface area contributed by atoms with E-state index in [0.717, 1.165) is 0 Å². The Morgan fingerprint density at radius 3 is 2.48 bits per heavy atom. The Hall–Kier alpha value is -2.25. The van der Waals surface area contributed by atoms with E-state index in [9.17, 15) is 22.8 Å². The van der Waals surface area contributed by atoms with Gasteiger partial charge in [0.15, 0.2) is 0 Å². The number of carboxylic acids is 1. The van der Waals surface area contributed by atoms with Crippen LogP contribution in [0.25, 0.3) is 0 Å². The van der Waals surface area contributed by atoms with Crippen LogP contribution < -0.4 is 10.6 Å². The van der Waals surface area contributed by atoms with Crippen LogP contribution in [-0.2, 0) is 11.2 Å². The number of aliphatic carboxylic acids is 1. The van der Waals surface area contributed by atoms with Crippen molar-refractivity contribution < 1.29 is 27.9 Å². The van der Waals surface area contributed by atoms with Gasteiger partial charge in [-0.1, -0.05) is 27.7 Å². The molecule has 5 nitrogen and oxygen atoms in total. The minimum atomic E-state index is -4.26. The van der Waals surface area contributed by atoms with E-state index in [2.05, 4.69) is 10.6 Å². The first-order valence-corrected chi connectivity index (χ1v) is 9.83. The third-order valence-corrected chi connectivity index (χ3v) is 5.94. The highest BCUT2D eigenvalue weighted by atomic mass is 19.4. The third-order valence-electron chi connectivity index (χ3n) is 5.94. The van der Waals surface area contributed by atoms with Gasteiger partial charge in [-0.05, 0) is 54.4 Å². The standard InChI is InChI=1S/C21H29F3N2O3/c1-5-13-10-14(6-7-15(13)19(29)25-11-17(27)28)26-16-8-9-20(3,4)18(12(16)2)21(22,23)24/h6-7,10,12,16,18,26H,5,8-9,11H2,1-4H3,(H,25,29)(H,27,28). The molecule has 0 saturated heterocycles. The summed E-state index contributed by atoms with van der Waals surface area (Å²) in [7, 11) is 0. The molecule has 3 unspecified atom stereocenters. The largest absolute Gasteiger partial charge is 0.480 e. The minimum absolute atomic E-state index is 0.328. The quantitative estimate of drug-likeness (QED) is 0.641. The number of rotatable bonds is 6. The predicted molar refractivity (Wildman–Crippen MR) is 105 cm³/mol. The van der Waals surface area contributed by atoms with Crippen molar-refractivity contribution in [3.05, 3.63) is 29.3 Å². The molecule has 0 aliphatic heterocycles. The zero-order valence-corrected chi connectivity index (χ0v) is 17.2. The number of hydrogen-bond acceptors (Lipinski definition) is 3. The lowest BCUT2D eigenvalue weighted by molar-refractivity contribution is -0.227. The van der Waals surface area contributed by atoms with Crippen molar-refractivity contribution in [2.45, 2.75) is 59.2 Å². The van der Waals surface area contributed by atoms with Gasteiger partial charge in [-0.15, -0.1) is 0 Å². The van der Waals surface area contributed by atoms with E-state index < -0.39 is 41.8 Å². The molecule has 1 aliphatic rings. The number of carbonyl (C=O) groups is 2. The lowest BCUT2D eigenvalue weighted by Crippen LogP contribution is -2.50. The Bertz CT molecular complexity index is 762. The maximum Gasteiger partial charge on any atom is 0.392 e. The van der Waals surface area contributed by atoms with Gasteiger partial charge in [0.25, 0.3) is 5.91 Å². The summed E-state index contributed by atoms with van der Waals surface area (Å²) in [4.78, 5) is 22.8. The predicted octanol–water partition coefficient (Wildman–Crippen LogP) is 4.48. The van der Waals surface area contributed by atoms with Crippen molar-refractivity contribution in [3.63, 3.8) is 0 Å². The average molecular weight is 414 g/mol. The number of nitrogens with one attached hydrogen (secondary N) is 2. The number of carboxylic acid groups (broad SMARTS) is 1. The first-order valence-electron chi connectivity index (χ1n) is 9.83. The molecule has 29 heavy (non-hydrogen) atoms. The van der Waals surface area contributed by atoms with Crippen LogP contribution in [0.4, 0.5) is 18.9 Å². The summed E-state index contributed by atoms with van der Waals surface area (Å²) in [5.41, 5.74) is 0.921. The average Bonchev–Trinajstić information content (AvgIpc) is 2.60. The summed E-state index contributed by atoms with van der Waals surface area (Å²) < 4.78 is 41.0. The lowest BCUT2D eigenvalue weighted by atomic mass is 9.62. The summed E-state index contributed by atoms with van der Waals surface area (Å²) >= 11 is 0. The first-order chi connectivity index (χ1) is 13.4. The topological polar surface area (TPSA) is 78.4 Å². The third kappa shape index (κ3) is 5.42. The fourth-order valence-corrected chi connectivity index (χ4v) is 4.50. The Morgan fingerprint density at radius 1 is 1.28 bits per heavy atom. The first kappa shape index (κ1) is 23.0. The van der Waals surface area contributed by atoms with Gasteiger partial charge in [0.2, 0.25) is 0 Å². The number of benzene rings is 1. The molecule has 3 atom stereocenters. The van der Waals surface area contributed by atoms with Gasteiger partial charge in [-0.2, -0.15) is 13.2 Å². The second-order valence-corrected chi connectivity index (χ2v) is 8.46. The lowest BCUT2D eigenvalue weighted by Gasteiger charge is -2.47. The maximum absolute atomic E-state index is 13.7. The van der Waals surface area contributed by atoms with Gasteiger partial charge < -0.3 is 15.7 Å². The Balaban J connectivity index is 2.19. The molecule has 1 aliphatic carbocycles. The number of anilines is 1. The molecular weight excluding hydrogens is 385 g/mol. The summed E-state index contributed by atoms with van der Waals surface area (Å²) in [6.07, 6.45) is -2.63. The zero-order valence-electron chi connectivity index (χ0n) is 17.2. The molecular formula is C21H29F3N2O3. The van der Waals surface area contributed by atoms with Gasteiger partial charge in [-0.3, -0.25) is 9.59 Å². The zero-order chi connectivity index (χ0) is 22.0. The van der Waals surface area contributed by atoms with E-state index in [1.165, 1.54) is 0 Å². The fraction of sp³-hybridized carbons (Fsp3) is 0.619. The van der Waals surface area contributed by atoms with Gasteiger partial charge in [0, 0.05) is 17.3 Å². The highest BCUT2D eigenvalue weighted by molar-refractivity contribution is 5.97. The molecule has 0 spiro atoms. The van der Waals surface area contributed by atoms with Crippen molar-refractivity contribution in [1.29, 1.82) is 0 Å². The summed E-state index contributed by atoms with van der Waals surface area (Å²) in [6.45, 7) is 6.38. The number of amides is 1. The van der Waals surface area contributed by atoms with Crippen LogP contribution in [-0.4, -0.2) is 35.7 Å². The molecule has 0 radical (unpaired) electrons. The SMILES string of the molecule is CCc1cc(NC2CCC(C)(C)C(C(F)(F)F)C2C)ccc1C(=O)NCC(=O)O. The molecule has 0 heterocycles. The normalized spacial score (nSPS) is 24.0. The Kier molecular flexibility index (Phi) is 6.86. The van der Waals surface area contributed by atoms with E-state index in [0.29, 0.717) is 36.1 Å². The van der Waals surface area contributed by atoms with Gasteiger partial charge in [0.05, 0.1) is 5.92 Å². The van der Waals surface area contributed by atoms with E-state index in [1.807, 2.05) is 6.92 Å². The number of halogens is 3. The van der Waals surface area contributed by atoms with Gasteiger partial charge in [0.1, 0.15) is 6.54 Å². The highest BCUT2D eigenvalue weighted by Gasteiger charge is 2.55. The molecule has 162 valence electrons. The fourth-order valence-electron chi connectivity index (χ4n) is 4.50. The second-order valence-electron chi connectivity index (χ2n) is 8.46. The maximum atomic E-state index is 13.7. The van der Waals surface area contributed by atoms with E-state index in [-0.39, 0.29) is 6.04 Å². The molecule has 8 heteroatoms. The number of alkyl halides is 3. The van der Waals surface area contributed by atoms with Crippen molar-refractivity contribution >= 4 is 17.6 Å². The number of aryl methyl sites for hydroxylation is 1. The molecule has 1 aromatic carbocycles. The van der Waals surface area contributed by atoms with Crippen LogP contribution in [0.15, 0.2) is 18.2 Å². The van der Waals surface area contributed by atoms with Crippen LogP contribution in [0.3, 0.4) is 0 Å². The van der Waals surface area contributed by atoms with Crippen LogP contribution in [0, 0.1) is 17.3 Å². The van der Waals surface area contributed by atoms with Crippen molar-refractivity contribution in [2.24, 2.45) is 17.3 Å². The van der Waals surface area contributed by atoms with Crippen molar-refractivity contribution in [2.75, 3.05) is 11.9 Å². The molecule has 1 aromatic rings. The molecule has 3 N–H and O–H groups in total. The number of hydrogen-bond donors (Lipinski definition) is 3. The molecule has 0 aromatic heterocycles. The van der Waals surface area contributed by atoms with Crippen LogP contribution in [0.5, 0.6) is 0 Å². The molecule has 0 bridgehead atoms. The molecule has 1 amide bonds. The summed E-state index contributed by atoms with van der Waals surface area (Å²) in [5, 5.41) is 14.3. The summed E-state index contributed by atoms with van der Waals surface area (Å²) in [5.74, 6) is -3.61. The minimum Gasteiger partial charge on any atom is -0.480 e. The van der Waals surface area contributed by atoms with E-state index in [4.69, 9.17) is 5.11 Å². The molecule has 1 fully saturated rings. The smallest absolute Gasteiger partial charge is 0.392 e. The van der Waals surface area contributed by atoms with Crippen LogP contribution >= 0.6 is 0 Å². The Labute approximate surface area is 169 Å². The highest BCUT2D eigenvalue weighted by Crippen LogP contribution is 2.52. The van der Waals surface area contributed by atoms with Crippen molar-refractivity contribution in [3.8, 4) is 0 Å². The molecule has 1 saturated carbocycles. The summed E-state index contributed by atoms with van der Waals surface area (Å²) in [6, 6.07) is 4.66. The van der Waals surface area contributed by atoms with Crippen LogP contribution in [0.2, 0.25) is 0 Å². The monoisotopic (exact) mass is 414 g/mol. The van der Waals surface area contributed by atoms with Crippen molar-refractivity contribution in [1.82, 2.24) is 5.32 Å². The number of carbonyl (C=O) groups excluding carboxylic acids is 1. The van der Waals surface area contributed by atoms with Gasteiger partial charge >= 0.3 is 12.1 Å². The van der Waals surface area contributed by atoms with E-state index >= 15 is 0 Å². The van der Waals surface area contributed by atoms with Gasteiger partial charge in [-0.25, -0.2) is 0 Å². The van der Waals surface area contributed by atoms with E-state index in [1.54, 1.807) is 39.0 Å². The second kappa shape index (κ2) is 8.63. The van der Waals surface area contributed by atoms with Crippen LogP contribution in [0.1, 0.15) is 56.5 Å². The Morgan fingerprint density at radius 2 is 1.93 bits per heavy atom. The molecule has 2 rings (SSSR count).